The Kier molecular flexibility index (Phi) is 5.25. The van der Waals surface area contributed by atoms with Crippen LogP contribution in [0.1, 0.15) is 39.5 Å². The average Bonchev–Trinajstić information content (AvgIpc) is 2.98. The Morgan fingerprint density at radius 1 is 1.35 bits per heavy atom. The molecule has 5 heteroatoms. The van der Waals surface area contributed by atoms with Gasteiger partial charge in [0, 0.05) is 12.6 Å². The molecule has 0 aromatic rings. The number of rotatable bonds is 7. The van der Waals surface area contributed by atoms with Crippen molar-refractivity contribution < 1.29 is 14.7 Å². The molecular formula is C12H22N2O3. The second-order valence-corrected chi connectivity index (χ2v) is 5.12. The van der Waals surface area contributed by atoms with Gasteiger partial charge in [0.05, 0.1) is 6.42 Å². The first-order valence-electron chi connectivity index (χ1n) is 6.25. The van der Waals surface area contributed by atoms with E-state index in [1.165, 1.54) is 0 Å². The summed E-state index contributed by atoms with van der Waals surface area (Å²) in [6.45, 7) is 4.82. The molecule has 5 nitrogen and oxygen atoms in total. The summed E-state index contributed by atoms with van der Waals surface area (Å²) in [6.07, 6.45) is 2.98. The number of aliphatic carboxylic acids is 1. The third kappa shape index (κ3) is 6.14. The predicted molar refractivity (Wildman–Crippen MR) is 64.8 cm³/mol. The summed E-state index contributed by atoms with van der Waals surface area (Å²) >= 11 is 0. The van der Waals surface area contributed by atoms with E-state index >= 15 is 0 Å². The Morgan fingerprint density at radius 2 is 2.00 bits per heavy atom. The Hall–Kier alpha value is -1.26. The van der Waals surface area contributed by atoms with Gasteiger partial charge in [-0.25, -0.2) is 4.79 Å². The summed E-state index contributed by atoms with van der Waals surface area (Å²) in [6, 6.07) is -0.463. The number of carbonyl (C=O) groups excluding carboxylic acids is 1. The van der Waals surface area contributed by atoms with E-state index in [9.17, 15) is 9.59 Å². The summed E-state index contributed by atoms with van der Waals surface area (Å²) in [4.78, 5) is 22.2. The minimum atomic E-state index is -0.857. The number of nitrogens with one attached hydrogen (secondary N) is 2. The molecule has 0 radical (unpaired) electrons. The van der Waals surface area contributed by atoms with Gasteiger partial charge >= 0.3 is 12.0 Å². The zero-order chi connectivity index (χ0) is 12.8. The Morgan fingerprint density at radius 3 is 2.47 bits per heavy atom. The summed E-state index contributed by atoms with van der Waals surface area (Å²) in [5.41, 5.74) is 0. The normalized spacial score (nSPS) is 16.6. The van der Waals surface area contributed by atoms with Crippen molar-refractivity contribution in [3.63, 3.8) is 0 Å². The van der Waals surface area contributed by atoms with Crippen LogP contribution in [0.2, 0.25) is 0 Å². The molecule has 0 bridgehead atoms. The molecule has 0 spiro atoms. The molecule has 2 amide bonds. The first-order chi connectivity index (χ1) is 7.99. The predicted octanol–water partition coefficient (Wildman–Crippen LogP) is 1.58. The molecule has 98 valence electrons. The van der Waals surface area contributed by atoms with E-state index in [0.717, 1.165) is 19.3 Å². The zero-order valence-corrected chi connectivity index (χ0v) is 10.5. The fourth-order valence-electron chi connectivity index (χ4n) is 1.72. The highest BCUT2D eigenvalue weighted by Crippen LogP contribution is 2.33. The zero-order valence-electron chi connectivity index (χ0n) is 10.5. The molecule has 1 unspecified atom stereocenters. The van der Waals surface area contributed by atoms with Crippen LogP contribution < -0.4 is 10.6 Å². The van der Waals surface area contributed by atoms with Crippen molar-refractivity contribution >= 4 is 12.0 Å². The first-order valence-corrected chi connectivity index (χ1v) is 6.25. The third-order valence-electron chi connectivity index (χ3n) is 2.91. The van der Waals surface area contributed by atoms with Gasteiger partial charge < -0.3 is 15.7 Å². The SMILES string of the molecule is CC(C)CCNC(=O)NC(CC(=O)O)C1CC1. The van der Waals surface area contributed by atoms with Crippen molar-refractivity contribution in [1.82, 2.24) is 10.6 Å². The minimum Gasteiger partial charge on any atom is -0.481 e. The lowest BCUT2D eigenvalue weighted by molar-refractivity contribution is -0.137. The van der Waals surface area contributed by atoms with Crippen LogP contribution in [0.25, 0.3) is 0 Å². The van der Waals surface area contributed by atoms with Gasteiger partial charge in [0.1, 0.15) is 0 Å². The highest BCUT2D eigenvalue weighted by molar-refractivity contribution is 5.75. The molecule has 17 heavy (non-hydrogen) atoms. The van der Waals surface area contributed by atoms with Crippen LogP contribution >= 0.6 is 0 Å². The molecular weight excluding hydrogens is 220 g/mol. The molecule has 1 atom stereocenters. The van der Waals surface area contributed by atoms with Gasteiger partial charge in [0.25, 0.3) is 0 Å². The molecule has 1 saturated carbocycles. The second kappa shape index (κ2) is 6.47. The maximum Gasteiger partial charge on any atom is 0.315 e. The maximum absolute atomic E-state index is 11.5. The van der Waals surface area contributed by atoms with E-state index < -0.39 is 5.97 Å². The summed E-state index contributed by atoms with van der Waals surface area (Å²) in [5, 5.41) is 14.3. The van der Waals surface area contributed by atoms with E-state index in [4.69, 9.17) is 5.11 Å². The molecule has 1 rings (SSSR count). The number of carboxylic acids is 1. The molecule has 0 aliphatic heterocycles. The van der Waals surface area contributed by atoms with Gasteiger partial charge in [-0.15, -0.1) is 0 Å². The highest BCUT2D eigenvalue weighted by Gasteiger charge is 2.33. The van der Waals surface area contributed by atoms with Crippen LogP contribution in [-0.4, -0.2) is 29.7 Å². The number of urea groups is 1. The van der Waals surface area contributed by atoms with Gasteiger partial charge in [-0.2, -0.15) is 0 Å². The lowest BCUT2D eigenvalue weighted by Gasteiger charge is -2.17. The van der Waals surface area contributed by atoms with Crippen LogP contribution in [0.4, 0.5) is 4.79 Å². The fourth-order valence-corrected chi connectivity index (χ4v) is 1.72. The van der Waals surface area contributed by atoms with Crippen LogP contribution in [0.5, 0.6) is 0 Å². The average molecular weight is 242 g/mol. The largest absolute Gasteiger partial charge is 0.481 e. The highest BCUT2D eigenvalue weighted by atomic mass is 16.4. The van der Waals surface area contributed by atoms with Crippen LogP contribution in [0.15, 0.2) is 0 Å². The van der Waals surface area contributed by atoms with Crippen molar-refractivity contribution in [2.24, 2.45) is 11.8 Å². The molecule has 3 N–H and O–H groups in total. The second-order valence-electron chi connectivity index (χ2n) is 5.12. The van der Waals surface area contributed by atoms with E-state index in [2.05, 4.69) is 24.5 Å². The van der Waals surface area contributed by atoms with Crippen molar-refractivity contribution in [2.45, 2.75) is 45.6 Å². The van der Waals surface area contributed by atoms with E-state index in [0.29, 0.717) is 18.4 Å². The van der Waals surface area contributed by atoms with Gasteiger partial charge in [0.2, 0.25) is 0 Å². The lowest BCUT2D eigenvalue weighted by atomic mass is 10.1. The number of amides is 2. The van der Waals surface area contributed by atoms with E-state index in [1.807, 2.05) is 0 Å². The standard InChI is InChI=1S/C12H22N2O3/c1-8(2)5-6-13-12(17)14-10(7-11(15)16)9-3-4-9/h8-10H,3-7H2,1-2H3,(H,15,16)(H2,13,14,17). The van der Waals surface area contributed by atoms with Crippen LogP contribution in [0.3, 0.4) is 0 Å². The monoisotopic (exact) mass is 242 g/mol. The van der Waals surface area contributed by atoms with Crippen LogP contribution in [-0.2, 0) is 4.79 Å². The van der Waals surface area contributed by atoms with Crippen molar-refractivity contribution in [1.29, 1.82) is 0 Å². The molecule has 1 aliphatic carbocycles. The van der Waals surface area contributed by atoms with Gasteiger partial charge in [-0.05, 0) is 31.1 Å². The van der Waals surface area contributed by atoms with Gasteiger partial charge in [-0.3, -0.25) is 4.79 Å². The van der Waals surface area contributed by atoms with E-state index in [-0.39, 0.29) is 18.5 Å². The molecule has 0 heterocycles. The van der Waals surface area contributed by atoms with Crippen molar-refractivity contribution in [3.05, 3.63) is 0 Å². The Bertz CT molecular complexity index is 275. The van der Waals surface area contributed by atoms with Gasteiger partial charge in [-0.1, -0.05) is 13.8 Å². The molecule has 1 aliphatic rings. The Balaban J connectivity index is 2.24. The van der Waals surface area contributed by atoms with Crippen molar-refractivity contribution in [3.8, 4) is 0 Å². The van der Waals surface area contributed by atoms with Gasteiger partial charge in [0.15, 0.2) is 0 Å². The molecule has 0 saturated heterocycles. The Labute approximate surface area is 102 Å². The summed E-state index contributed by atoms with van der Waals surface area (Å²) in [5.74, 6) is 0.0416. The third-order valence-corrected chi connectivity index (χ3v) is 2.91. The minimum absolute atomic E-state index is 0.0161. The van der Waals surface area contributed by atoms with Crippen molar-refractivity contribution in [2.75, 3.05) is 6.54 Å². The molecule has 0 aromatic heterocycles. The molecule has 1 fully saturated rings. The number of carbonyl (C=O) groups is 2. The van der Waals surface area contributed by atoms with E-state index in [1.54, 1.807) is 0 Å². The number of hydrogen-bond donors (Lipinski definition) is 3. The van der Waals surface area contributed by atoms with Crippen LogP contribution in [0, 0.1) is 11.8 Å². The number of carboxylic acid groups (broad SMARTS) is 1. The fraction of sp³-hybridized carbons (Fsp3) is 0.833. The quantitative estimate of drug-likeness (QED) is 0.634. The first kappa shape index (κ1) is 13.8. The maximum atomic E-state index is 11.5. The number of hydrogen-bond acceptors (Lipinski definition) is 2. The summed E-state index contributed by atoms with van der Waals surface area (Å²) < 4.78 is 0. The topological polar surface area (TPSA) is 78.4 Å². The summed E-state index contributed by atoms with van der Waals surface area (Å²) in [7, 11) is 0. The smallest absolute Gasteiger partial charge is 0.315 e. The lowest BCUT2D eigenvalue weighted by Crippen LogP contribution is -2.44. The molecule has 0 aromatic carbocycles.